The van der Waals surface area contributed by atoms with Gasteiger partial charge in [-0.15, -0.1) is 0 Å². The third-order valence-corrected chi connectivity index (χ3v) is 18.6. The van der Waals surface area contributed by atoms with Crippen LogP contribution >= 0.6 is 82.6 Å². The second kappa shape index (κ2) is 34.6. The fourth-order valence-electron chi connectivity index (χ4n) is 11.2. The van der Waals surface area contributed by atoms with Crippen LogP contribution in [0.3, 0.4) is 0 Å². The average Bonchev–Trinajstić information content (AvgIpc) is 1.81. The number of ketones is 3. The second-order valence-electron chi connectivity index (χ2n) is 23.4. The predicted octanol–water partition coefficient (Wildman–Crippen LogP) is 16.5. The van der Waals surface area contributed by atoms with E-state index < -0.39 is 0 Å². The third kappa shape index (κ3) is 20.1. The molecule has 6 heterocycles. The molecule has 24 heteroatoms. The van der Waals surface area contributed by atoms with Crippen molar-refractivity contribution in [3.05, 3.63) is 278 Å². The van der Waals surface area contributed by atoms with Crippen LogP contribution in [-0.4, -0.2) is 129 Å². The molecule has 2 fully saturated rings. The minimum Gasteiger partial charge on any atom is -0.358 e. The molecule has 0 bridgehead atoms. The summed E-state index contributed by atoms with van der Waals surface area (Å²) < 4.78 is 2.41. The molecule has 0 aliphatic carbocycles. The van der Waals surface area contributed by atoms with Crippen molar-refractivity contribution in [3.8, 4) is 0 Å². The first-order chi connectivity index (χ1) is 47.7. The number of nitrogens with one attached hydrogen (secondary N) is 5. The number of aromatic nitrogens is 3. The lowest BCUT2D eigenvalue weighted by molar-refractivity contribution is 0.0980. The van der Waals surface area contributed by atoms with Crippen molar-refractivity contribution in [1.29, 1.82) is 10.8 Å². The fourth-order valence-corrected chi connectivity index (χ4v) is 12.4. The van der Waals surface area contributed by atoms with Crippen molar-refractivity contribution in [2.45, 2.75) is 51.4 Å². The van der Waals surface area contributed by atoms with E-state index in [-0.39, 0.29) is 54.3 Å². The lowest BCUT2D eigenvalue weighted by Crippen LogP contribution is -2.35. The maximum Gasteiger partial charge on any atom is 0.257 e. The third-order valence-electron chi connectivity index (χ3n) is 16.5. The van der Waals surface area contributed by atoms with E-state index >= 15 is 0 Å². The number of anilines is 3. The number of amidine groups is 3. The zero-order valence-electron chi connectivity index (χ0n) is 53.6. The molecule has 2 saturated heterocycles. The standard InChI is InChI=1S/C26H24BrClN4O2.C25H22BrClN4O2.C24H20BrClN4O2/c27-20-9-11-24(30-16-20)31-26(34)22-15-21(28)10-8-19(22)14-23(33)17-4-6-18(7-5-17)25(29)32-12-2-1-3-13-32;26-19-8-10-23(29-15-19)30-25(33)21-14-20(27)9-7-18(21)13-22(32)16-3-5-17(6-4-16)24(28)31-11-1-2-12-31;1-30-11-10-27-23(30)16-4-2-15(3-5-16)21(31)12-17-6-8-19(26)13-20(17)24(32)29-22-9-7-18(25)14-28-22/h4-11,15-16,29H,1-3,12-14H2,(H,30,31,34);3-10,14-15,28H,1-2,11-13H2,(H,29,30,33);2-9,13-14H,10-12H2,1H3,(H,28,29,32). The molecule has 3 aromatic heterocycles. The van der Waals surface area contributed by atoms with Crippen molar-refractivity contribution in [3.63, 3.8) is 0 Å². The summed E-state index contributed by atoms with van der Waals surface area (Å²) in [6.07, 6.45) is 10.6. The molecule has 18 nitrogen and oxygen atoms in total. The van der Waals surface area contributed by atoms with Gasteiger partial charge in [0.05, 0.1) is 6.54 Å². The van der Waals surface area contributed by atoms with Crippen LogP contribution in [0.25, 0.3) is 0 Å². The first kappa shape index (κ1) is 72.6. The topological polar surface area (TPSA) is 247 Å². The van der Waals surface area contributed by atoms with Crippen LogP contribution in [0.4, 0.5) is 17.5 Å². The highest BCUT2D eigenvalue weighted by Gasteiger charge is 2.24. The molecule has 0 radical (unpaired) electrons. The molecule has 5 N–H and O–H groups in total. The Bertz CT molecular complexity index is 4500. The zero-order valence-corrected chi connectivity index (χ0v) is 60.6. The van der Waals surface area contributed by atoms with E-state index in [1.54, 1.807) is 146 Å². The minimum absolute atomic E-state index is 0.0522. The Labute approximate surface area is 613 Å². The number of likely N-dealkylation sites (tertiary alicyclic amines) is 2. The molecular formula is C75H66Br3Cl3N12O6. The van der Waals surface area contributed by atoms with Crippen molar-refractivity contribution < 1.29 is 28.8 Å². The van der Waals surface area contributed by atoms with Gasteiger partial charge in [0, 0.05) is 156 Å². The average molecular weight is 1580 g/mol. The maximum absolute atomic E-state index is 13.0. The Morgan fingerprint density at radius 3 is 1.03 bits per heavy atom. The number of hydrogen-bond donors (Lipinski definition) is 5. The number of rotatable bonds is 18. The van der Waals surface area contributed by atoms with E-state index in [4.69, 9.17) is 45.6 Å². The van der Waals surface area contributed by atoms with Crippen LogP contribution in [0, 0.1) is 10.8 Å². The molecule has 3 amide bonds. The smallest absolute Gasteiger partial charge is 0.257 e. The van der Waals surface area contributed by atoms with Gasteiger partial charge in [0.2, 0.25) is 0 Å². The number of piperidine rings is 1. The van der Waals surface area contributed by atoms with Crippen LogP contribution in [0.5, 0.6) is 0 Å². The zero-order chi connectivity index (χ0) is 70.1. The predicted molar refractivity (Wildman–Crippen MR) is 401 cm³/mol. The van der Waals surface area contributed by atoms with E-state index in [9.17, 15) is 28.8 Å². The molecular weight excluding hydrogens is 1510 g/mol. The number of Topliss-reactive ketones (excluding diaryl/α,β-unsaturated/α-hetero) is 3. The first-order valence-electron chi connectivity index (χ1n) is 31.7. The first-order valence-corrected chi connectivity index (χ1v) is 35.2. The highest BCUT2D eigenvalue weighted by atomic mass is 79.9. The van der Waals surface area contributed by atoms with Crippen molar-refractivity contribution in [2.24, 2.45) is 4.99 Å². The molecule has 0 saturated carbocycles. The lowest BCUT2D eigenvalue weighted by Gasteiger charge is -2.29. The molecule has 0 unspecified atom stereocenters. The summed E-state index contributed by atoms with van der Waals surface area (Å²) in [7, 11) is 2.00. The molecule has 99 heavy (non-hydrogen) atoms. The summed E-state index contributed by atoms with van der Waals surface area (Å²) in [5.41, 5.74) is 6.96. The van der Waals surface area contributed by atoms with Crippen LogP contribution in [0.15, 0.2) is 201 Å². The van der Waals surface area contributed by atoms with Crippen LogP contribution in [0.2, 0.25) is 15.1 Å². The molecule has 3 aliphatic heterocycles. The van der Waals surface area contributed by atoms with Gasteiger partial charge in [-0.1, -0.05) is 126 Å². The Morgan fingerprint density at radius 2 is 0.727 bits per heavy atom. The van der Waals surface area contributed by atoms with E-state index in [0.29, 0.717) is 94.3 Å². The number of benzene rings is 6. The largest absolute Gasteiger partial charge is 0.358 e. The van der Waals surface area contributed by atoms with Gasteiger partial charge in [0.15, 0.2) is 17.3 Å². The van der Waals surface area contributed by atoms with E-state index in [1.165, 1.54) is 6.42 Å². The minimum atomic E-state index is -0.385. The second-order valence-corrected chi connectivity index (χ2v) is 27.5. The summed E-state index contributed by atoms with van der Waals surface area (Å²) in [5.74, 6) is 1.67. The van der Waals surface area contributed by atoms with Gasteiger partial charge >= 0.3 is 0 Å². The highest BCUT2D eigenvalue weighted by Crippen LogP contribution is 2.26. The van der Waals surface area contributed by atoms with Gasteiger partial charge in [0.1, 0.15) is 35.0 Å². The summed E-state index contributed by atoms with van der Waals surface area (Å²) in [6.45, 7) is 5.28. The molecule has 504 valence electrons. The molecule has 12 rings (SSSR count). The summed E-state index contributed by atoms with van der Waals surface area (Å²) in [5, 5.41) is 26.3. The van der Waals surface area contributed by atoms with Crippen LogP contribution in [0.1, 0.15) is 128 Å². The molecule has 0 spiro atoms. The van der Waals surface area contributed by atoms with Crippen LogP contribution < -0.4 is 16.0 Å². The number of halogens is 6. The number of hydrogen-bond acceptors (Lipinski definition) is 13. The fraction of sp³-hybridized carbons (Fsp3) is 0.200. The molecule has 6 aromatic carbocycles. The van der Waals surface area contributed by atoms with Crippen molar-refractivity contribution in [1.82, 2.24) is 29.7 Å². The number of carbonyl (C=O) groups excluding carboxylic acids is 6. The van der Waals surface area contributed by atoms with E-state index in [1.807, 2.05) is 43.4 Å². The number of carbonyl (C=O) groups is 6. The summed E-state index contributed by atoms with van der Waals surface area (Å²) in [4.78, 5) is 101. The normalized spacial score (nSPS) is 13.2. The van der Waals surface area contributed by atoms with Gasteiger partial charge in [-0.05, 0) is 169 Å². The Balaban J connectivity index is 0.000000161. The summed E-state index contributed by atoms with van der Waals surface area (Å²) in [6, 6.07) is 46.8. The van der Waals surface area contributed by atoms with E-state index in [0.717, 1.165) is 101 Å². The van der Waals surface area contributed by atoms with Gasteiger partial charge in [-0.2, -0.15) is 0 Å². The number of amides is 3. The number of pyridine rings is 3. The Morgan fingerprint density at radius 1 is 0.414 bits per heavy atom. The van der Waals surface area contributed by atoms with Gasteiger partial charge in [0.25, 0.3) is 17.7 Å². The van der Waals surface area contributed by atoms with Gasteiger partial charge < -0.3 is 30.7 Å². The lowest BCUT2D eigenvalue weighted by atomic mass is 9.97. The van der Waals surface area contributed by atoms with Crippen molar-refractivity contribution >= 4 is 153 Å². The van der Waals surface area contributed by atoms with Crippen LogP contribution in [-0.2, 0) is 19.3 Å². The molecule has 3 aliphatic rings. The van der Waals surface area contributed by atoms with Gasteiger partial charge in [-0.25, -0.2) is 15.0 Å². The van der Waals surface area contributed by atoms with Crippen molar-refractivity contribution in [2.75, 3.05) is 62.3 Å². The Kier molecular flexibility index (Phi) is 25.4. The van der Waals surface area contributed by atoms with E-state index in [2.05, 4.69) is 98.4 Å². The molecule has 0 atom stereocenters. The number of nitrogens with zero attached hydrogens (tertiary/aromatic N) is 7. The SMILES string of the molecule is CN1CCN=C1c1ccc(C(=O)Cc2ccc(Cl)cc2C(=O)Nc2ccc(Br)cn2)cc1.N=C(c1ccc(C(=O)Cc2ccc(Cl)cc2C(=O)Nc2ccc(Br)cn2)cc1)N1CCCC1.N=C(c1ccc(C(=O)Cc2ccc(Cl)cc2C(=O)Nc2ccc(Br)cn2)cc1)N1CCCCC1. The molecule has 9 aromatic rings. The quantitative estimate of drug-likeness (QED) is 0.0306. The van der Waals surface area contributed by atoms with Gasteiger partial charge in [-0.3, -0.25) is 44.6 Å². The Hall–Kier alpha value is -9.09. The highest BCUT2D eigenvalue weighted by molar-refractivity contribution is 9.11. The number of aliphatic imine (C=N–C) groups is 1. The maximum atomic E-state index is 13.0. The summed E-state index contributed by atoms with van der Waals surface area (Å²) >= 11 is 28.3. The number of likely N-dealkylation sites (N-methyl/N-ethyl adjacent to an activating group) is 1. The monoisotopic (exact) mass is 1570 g/mol.